The molecule has 1 amide bonds. The number of amides is 1. The van der Waals surface area contributed by atoms with Crippen LogP contribution in [-0.2, 0) is 6.42 Å². The maximum absolute atomic E-state index is 12.8. The largest absolute Gasteiger partial charge is 0.497 e. The molecule has 0 unspecified atom stereocenters. The molecule has 1 saturated heterocycles. The van der Waals surface area contributed by atoms with Crippen molar-refractivity contribution >= 4 is 11.6 Å². The first-order valence-corrected chi connectivity index (χ1v) is 9.44. The van der Waals surface area contributed by atoms with Gasteiger partial charge in [-0.1, -0.05) is 12.1 Å². The molecule has 0 saturated carbocycles. The summed E-state index contributed by atoms with van der Waals surface area (Å²) in [5.74, 6) is 1.67. The number of carbonyl (C=O) groups excluding carboxylic acids is 1. The second kappa shape index (κ2) is 7.78. The van der Waals surface area contributed by atoms with Crippen LogP contribution >= 0.6 is 0 Å². The summed E-state index contributed by atoms with van der Waals surface area (Å²) in [5, 5.41) is 7.84. The second-order valence-corrected chi connectivity index (χ2v) is 7.14. The zero-order valence-corrected chi connectivity index (χ0v) is 15.5. The van der Waals surface area contributed by atoms with Gasteiger partial charge >= 0.3 is 0 Å². The Morgan fingerprint density at radius 1 is 1.15 bits per heavy atom. The summed E-state index contributed by atoms with van der Waals surface area (Å²) in [6, 6.07) is 12.0. The summed E-state index contributed by atoms with van der Waals surface area (Å²) in [6.45, 7) is 1.65. The molecule has 0 N–H and O–H groups in total. The molecule has 3 aromatic rings. The predicted octanol–water partition coefficient (Wildman–Crippen LogP) is 3.22. The summed E-state index contributed by atoms with van der Waals surface area (Å²) in [7, 11) is 1.69. The van der Waals surface area contributed by atoms with E-state index in [9.17, 15) is 4.79 Å². The Labute approximate surface area is 158 Å². The number of aromatic nitrogens is 3. The number of fused-ring (bicyclic) bond motifs is 1. The number of aryl methyl sites for hydroxylation is 1. The number of ether oxygens (including phenoxy) is 1. The highest BCUT2D eigenvalue weighted by atomic mass is 16.5. The quantitative estimate of drug-likeness (QED) is 0.697. The van der Waals surface area contributed by atoms with Crippen molar-refractivity contribution < 1.29 is 9.53 Å². The molecule has 0 aliphatic carbocycles. The van der Waals surface area contributed by atoms with E-state index in [2.05, 4.69) is 22.3 Å². The summed E-state index contributed by atoms with van der Waals surface area (Å²) in [5.41, 5.74) is 2.79. The number of carbonyl (C=O) groups is 1. The first-order valence-electron chi connectivity index (χ1n) is 9.44. The third-order valence-corrected chi connectivity index (χ3v) is 5.44. The molecule has 0 spiro atoms. The minimum atomic E-state index is 0.0965. The Bertz CT molecular complexity index is 911. The fraction of sp³-hybridized carbons (Fsp3) is 0.381. The first kappa shape index (κ1) is 17.5. The highest BCUT2D eigenvalue weighted by molar-refractivity contribution is 5.94. The minimum absolute atomic E-state index is 0.0965. The van der Waals surface area contributed by atoms with Crippen LogP contribution in [0.4, 0.5) is 0 Å². The predicted molar refractivity (Wildman–Crippen MR) is 103 cm³/mol. The molecule has 1 fully saturated rings. The van der Waals surface area contributed by atoms with E-state index in [1.54, 1.807) is 17.8 Å². The van der Waals surface area contributed by atoms with E-state index in [1.807, 2.05) is 35.4 Å². The van der Waals surface area contributed by atoms with Crippen molar-refractivity contribution in [2.45, 2.75) is 25.7 Å². The van der Waals surface area contributed by atoms with Crippen LogP contribution in [0.3, 0.4) is 0 Å². The van der Waals surface area contributed by atoms with Crippen LogP contribution in [0.15, 0.2) is 48.9 Å². The normalized spacial score (nSPS) is 15.2. The molecule has 4 rings (SSSR count). The van der Waals surface area contributed by atoms with E-state index in [1.165, 1.54) is 12.0 Å². The van der Waals surface area contributed by atoms with E-state index in [0.29, 0.717) is 11.5 Å². The number of pyridine rings is 1. The van der Waals surface area contributed by atoms with E-state index >= 15 is 0 Å². The molecule has 0 atom stereocenters. The van der Waals surface area contributed by atoms with Crippen molar-refractivity contribution in [1.82, 2.24) is 19.5 Å². The lowest BCUT2D eigenvalue weighted by Crippen LogP contribution is -2.38. The molecule has 6 heteroatoms. The topological polar surface area (TPSA) is 59.7 Å². The van der Waals surface area contributed by atoms with Gasteiger partial charge in [-0.05, 0) is 61.4 Å². The molecule has 140 valence electrons. The van der Waals surface area contributed by atoms with Gasteiger partial charge in [-0.25, -0.2) is 0 Å². The SMILES string of the molecule is COc1ccc(CCC2CCN(C(=O)c3ccc4nncn4c3)CC2)cc1. The average molecular weight is 364 g/mol. The molecule has 0 bridgehead atoms. The van der Waals surface area contributed by atoms with Gasteiger partial charge in [-0.15, -0.1) is 10.2 Å². The zero-order chi connectivity index (χ0) is 18.6. The van der Waals surface area contributed by atoms with Gasteiger partial charge in [0.1, 0.15) is 12.1 Å². The van der Waals surface area contributed by atoms with Gasteiger partial charge in [0.15, 0.2) is 5.65 Å². The molecular weight excluding hydrogens is 340 g/mol. The Kier molecular flexibility index (Phi) is 5.05. The zero-order valence-electron chi connectivity index (χ0n) is 15.5. The lowest BCUT2D eigenvalue weighted by molar-refractivity contribution is 0.0686. The van der Waals surface area contributed by atoms with Gasteiger partial charge in [-0.2, -0.15) is 0 Å². The van der Waals surface area contributed by atoms with Crippen molar-refractivity contribution in [1.29, 1.82) is 0 Å². The monoisotopic (exact) mass is 364 g/mol. The third kappa shape index (κ3) is 3.94. The maximum atomic E-state index is 12.8. The number of likely N-dealkylation sites (tertiary alicyclic amines) is 1. The average Bonchev–Trinajstić information content (AvgIpc) is 3.20. The Morgan fingerprint density at radius 3 is 2.67 bits per heavy atom. The van der Waals surface area contributed by atoms with Gasteiger partial charge < -0.3 is 9.64 Å². The van der Waals surface area contributed by atoms with Crippen LogP contribution < -0.4 is 4.74 Å². The fourth-order valence-electron chi connectivity index (χ4n) is 3.72. The lowest BCUT2D eigenvalue weighted by atomic mass is 9.90. The summed E-state index contributed by atoms with van der Waals surface area (Å²) in [6.07, 6.45) is 7.81. The van der Waals surface area contributed by atoms with Crippen molar-refractivity contribution in [3.8, 4) is 5.75 Å². The molecule has 1 aliphatic heterocycles. The third-order valence-electron chi connectivity index (χ3n) is 5.44. The van der Waals surface area contributed by atoms with Crippen LogP contribution in [0.1, 0.15) is 35.2 Å². The van der Waals surface area contributed by atoms with Crippen LogP contribution in [0, 0.1) is 5.92 Å². The summed E-state index contributed by atoms with van der Waals surface area (Å²) in [4.78, 5) is 14.7. The number of hydrogen-bond donors (Lipinski definition) is 0. The molecule has 2 aromatic heterocycles. The Balaban J connectivity index is 1.29. The summed E-state index contributed by atoms with van der Waals surface area (Å²) < 4.78 is 6.99. The molecular formula is C21H24N4O2. The van der Waals surface area contributed by atoms with Crippen LogP contribution in [-0.4, -0.2) is 45.6 Å². The number of nitrogens with zero attached hydrogens (tertiary/aromatic N) is 4. The number of benzene rings is 1. The summed E-state index contributed by atoms with van der Waals surface area (Å²) >= 11 is 0. The fourth-order valence-corrected chi connectivity index (χ4v) is 3.72. The van der Waals surface area contributed by atoms with Gasteiger partial charge in [0, 0.05) is 19.3 Å². The van der Waals surface area contributed by atoms with E-state index in [0.717, 1.165) is 43.7 Å². The Morgan fingerprint density at radius 2 is 1.93 bits per heavy atom. The number of rotatable bonds is 5. The Hall–Kier alpha value is -2.89. The van der Waals surface area contributed by atoms with Gasteiger partial charge in [0.05, 0.1) is 12.7 Å². The molecule has 0 radical (unpaired) electrons. The molecule has 27 heavy (non-hydrogen) atoms. The van der Waals surface area contributed by atoms with Crippen molar-refractivity contribution in [2.24, 2.45) is 5.92 Å². The second-order valence-electron chi connectivity index (χ2n) is 7.14. The number of piperidine rings is 1. The lowest BCUT2D eigenvalue weighted by Gasteiger charge is -2.32. The smallest absolute Gasteiger partial charge is 0.255 e. The molecule has 3 heterocycles. The highest BCUT2D eigenvalue weighted by Crippen LogP contribution is 2.24. The highest BCUT2D eigenvalue weighted by Gasteiger charge is 2.23. The minimum Gasteiger partial charge on any atom is -0.497 e. The van der Waals surface area contributed by atoms with Crippen molar-refractivity contribution in [3.05, 3.63) is 60.0 Å². The van der Waals surface area contributed by atoms with Crippen LogP contribution in [0.5, 0.6) is 5.75 Å². The van der Waals surface area contributed by atoms with E-state index in [4.69, 9.17) is 4.74 Å². The maximum Gasteiger partial charge on any atom is 0.255 e. The van der Waals surface area contributed by atoms with Gasteiger partial charge in [0.2, 0.25) is 0 Å². The molecule has 1 aromatic carbocycles. The van der Waals surface area contributed by atoms with Crippen LogP contribution in [0.2, 0.25) is 0 Å². The standard InChI is InChI=1S/C21H24N4O2/c1-27-19-7-4-16(5-8-19)2-3-17-10-12-24(13-11-17)21(26)18-6-9-20-23-22-15-25(20)14-18/h4-9,14-15,17H,2-3,10-13H2,1H3. The molecule has 1 aliphatic rings. The number of hydrogen-bond acceptors (Lipinski definition) is 4. The molecule has 6 nitrogen and oxygen atoms in total. The van der Waals surface area contributed by atoms with Crippen LogP contribution in [0.25, 0.3) is 5.65 Å². The van der Waals surface area contributed by atoms with Gasteiger partial charge in [-0.3, -0.25) is 9.20 Å². The first-order chi connectivity index (χ1) is 13.2. The van der Waals surface area contributed by atoms with E-state index < -0.39 is 0 Å². The van der Waals surface area contributed by atoms with E-state index in [-0.39, 0.29) is 5.91 Å². The van der Waals surface area contributed by atoms with Crippen molar-refractivity contribution in [3.63, 3.8) is 0 Å². The van der Waals surface area contributed by atoms with Gasteiger partial charge in [0.25, 0.3) is 5.91 Å². The number of methoxy groups -OCH3 is 1. The van der Waals surface area contributed by atoms with Crippen molar-refractivity contribution in [2.75, 3.05) is 20.2 Å².